The van der Waals surface area contributed by atoms with Gasteiger partial charge >= 0.3 is 0 Å². The average molecular weight is 576 g/mol. The summed E-state index contributed by atoms with van der Waals surface area (Å²) in [6.45, 7) is 0. The van der Waals surface area contributed by atoms with Crippen molar-refractivity contribution in [3.8, 4) is 22.3 Å². The van der Waals surface area contributed by atoms with Crippen molar-refractivity contribution in [2.75, 3.05) is 4.90 Å². The second kappa shape index (κ2) is 9.20. The molecule has 8 aromatic rings. The lowest BCUT2D eigenvalue weighted by atomic mass is 9.74. The van der Waals surface area contributed by atoms with E-state index in [4.69, 9.17) is 4.42 Å². The second-order valence-electron chi connectivity index (χ2n) is 12.5. The van der Waals surface area contributed by atoms with Crippen molar-refractivity contribution >= 4 is 49.8 Å². The van der Waals surface area contributed by atoms with Crippen LogP contribution in [0.2, 0.25) is 0 Å². The zero-order valence-corrected chi connectivity index (χ0v) is 24.7. The minimum absolute atomic E-state index is 0.128. The molecule has 0 N–H and O–H groups in total. The lowest BCUT2D eigenvalue weighted by molar-refractivity contribution is 0.669. The van der Waals surface area contributed by atoms with Gasteiger partial charge < -0.3 is 9.32 Å². The maximum Gasteiger partial charge on any atom is 0.135 e. The Bertz CT molecular complexity index is 2450. The first kappa shape index (κ1) is 24.8. The van der Waals surface area contributed by atoms with Gasteiger partial charge in [0.2, 0.25) is 0 Å². The van der Waals surface area contributed by atoms with Crippen LogP contribution in [0.15, 0.2) is 156 Å². The maximum absolute atomic E-state index is 6.26. The molecule has 0 unspecified atom stereocenters. The zero-order valence-electron chi connectivity index (χ0n) is 24.7. The van der Waals surface area contributed by atoms with Crippen LogP contribution >= 0.6 is 0 Å². The largest absolute Gasteiger partial charge is 0.456 e. The molecule has 0 radical (unpaired) electrons. The first-order valence-electron chi connectivity index (χ1n) is 15.8. The molecule has 7 aromatic carbocycles. The number of nitrogens with zero attached hydrogens (tertiary/aromatic N) is 1. The summed E-state index contributed by atoms with van der Waals surface area (Å²) in [5, 5.41) is 4.93. The molecule has 1 fully saturated rings. The summed E-state index contributed by atoms with van der Waals surface area (Å²) in [5.41, 5.74) is 13.5. The van der Waals surface area contributed by atoms with Gasteiger partial charge in [-0.3, -0.25) is 0 Å². The monoisotopic (exact) mass is 575 g/mol. The molecule has 1 heterocycles. The third-order valence-electron chi connectivity index (χ3n) is 10.1. The topological polar surface area (TPSA) is 16.4 Å². The number of furan rings is 1. The van der Waals surface area contributed by atoms with Gasteiger partial charge in [-0.15, -0.1) is 0 Å². The Morgan fingerprint density at radius 2 is 1.18 bits per heavy atom. The predicted octanol–water partition coefficient (Wildman–Crippen LogP) is 11.9. The first-order chi connectivity index (χ1) is 22.3. The van der Waals surface area contributed by atoms with Gasteiger partial charge in [-0.05, 0) is 82.4 Å². The Hall–Kier alpha value is -5.60. The standard InChI is InChI=1S/C43H29NO/c1-2-11-28(12-3-1)30-13-5-8-19-38(30)44(29-21-24-41-35(27-29)32-15-6-9-20-40(32)45-41)39-23-22-33-31-14-4-7-17-36(31)43(25-26-43)37-18-10-16-34(39)42(33)37/h1-24,27H,25-26H2. The van der Waals surface area contributed by atoms with Gasteiger partial charge in [-0.1, -0.05) is 115 Å². The molecule has 2 nitrogen and oxygen atoms in total. The van der Waals surface area contributed by atoms with Crippen LogP contribution < -0.4 is 4.90 Å². The van der Waals surface area contributed by atoms with E-state index in [1.165, 1.54) is 62.7 Å². The van der Waals surface area contributed by atoms with Gasteiger partial charge in [0.25, 0.3) is 0 Å². The smallest absolute Gasteiger partial charge is 0.135 e. The molecule has 2 aliphatic carbocycles. The van der Waals surface area contributed by atoms with E-state index in [9.17, 15) is 0 Å². The van der Waals surface area contributed by atoms with Crippen LogP contribution in [-0.2, 0) is 5.41 Å². The van der Waals surface area contributed by atoms with Crippen molar-refractivity contribution in [1.29, 1.82) is 0 Å². The minimum atomic E-state index is 0.128. The molecule has 1 spiro atoms. The Morgan fingerprint density at radius 3 is 2.07 bits per heavy atom. The van der Waals surface area contributed by atoms with E-state index in [-0.39, 0.29) is 5.41 Å². The van der Waals surface area contributed by atoms with Crippen molar-refractivity contribution < 1.29 is 4.42 Å². The van der Waals surface area contributed by atoms with Gasteiger partial charge in [0.15, 0.2) is 0 Å². The molecule has 2 aliphatic rings. The van der Waals surface area contributed by atoms with Crippen LogP contribution in [0.3, 0.4) is 0 Å². The molecular weight excluding hydrogens is 546 g/mol. The van der Waals surface area contributed by atoms with Crippen LogP contribution in [0.4, 0.5) is 17.1 Å². The van der Waals surface area contributed by atoms with Gasteiger partial charge in [0, 0.05) is 32.8 Å². The van der Waals surface area contributed by atoms with Crippen LogP contribution in [-0.4, -0.2) is 0 Å². The number of fused-ring (bicyclic) bond motifs is 7. The SMILES string of the molecule is c1ccc(-c2ccccc2N(c2ccc3oc4ccccc4c3c2)c2ccc3c4c(cccc24)C2(CC2)c2ccccc2-3)cc1. The number of rotatable bonds is 4. The Morgan fingerprint density at radius 1 is 0.467 bits per heavy atom. The van der Waals surface area contributed by atoms with Crippen molar-refractivity contribution in [2.24, 2.45) is 0 Å². The average Bonchev–Trinajstić information content (AvgIpc) is 3.82. The van der Waals surface area contributed by atoms with E-state index in [1.54, 1.807) is 0 Å². The normalized spacial score (nSPS) is 14.2. The summed E-state index contributed by atoms with van der Waals surface area (Å²) in [6.07, 6.45) is 2.41. The molecule has 10 rings (SSSR count). The predicted molar refractivity (Wildman–Crippen MR) is 187 cm³/mol. The maximum atomic E-state index is 6.26. The molecule has 0 atom stereocenters. The summed E-state index contributed by atoms with van der Waals surface area (Å²) in [4.78, 5) is 2.46. The first-order valence-corrected chi connectivity index (χ1v) is 15.8. The molecule has 0 saturated heterocycles. The number of anilines is 3. The van der Waals surface area contributed by atoms with Crippen LogP contribution in [0, 0.1) is 0 Å². The summed E-state index contributed by atoms with van der Waals surface area (Å²) < 4.78 is 6.26. The van der Waals surface area contributed by atoms with E-state index in [1.807, 2.05) is 6.07 Å². The van der Waals surface area contributed by atoms with Gasteiger partial charge in [-0.2, -0.15) is 0 Å². The third-order valence-corrected chi connectivity index (χ3v) is 10.1. The Labute approximate surface area is 261 Å². The van der Waals surface area contributed by atoms with E-state index in [2.05, 4.69) is 150 Å². The molecule has 1 aromatic heterocycles. The molecule has 0 amide bonds. The molecule has 0 aliphatic heterocycles. The fourth-order valence-corrected chi connectivity index (χ4v) is 7.95. The highest BCUT2D eigenvalue weighted by atomic mass is 16.3. The second-order valence-corrected chi connectivity index (χ2v) is 12.5. The minimum Gasteiger partial charge on any atom is -0.456 e. The highest BCUT2D eigenvalue weighted by molar-refractivity contribution is 6.12. The van der Waals surface area contributed by atoms with Crippen molar-refractivity contribution in [1.82, 2.24) is 0 Å². The molecule has 212 valence electrons. The van der Waals surface area contributed by atoms with Gasteiger partial charge in [0.05, 0.1) is 11.4 Å². The van der Waals surface area contributed by atoms with E-state index in [0.717, 1.165) is 33.3 Å². The van der Waals surface area contributed by atoms with Gasteiger partial charge in [0.1, 0.15) is 11.2 Å². The molecular formula is C43H29NO. The molecule has 1 saturated carbocycles. The van der Waals surface area contributed by atoms with Crippen molar-refractivity contribution in [3.63, 3.8) is 0 Å². The zero-order chi connectivity index (χ0) is 29.5. The highest BCUT2D eigenvalue weighted by Crippen LogP contribution is 2.62. The van der Waals surface area contributed by atoms with Crippen LogP contribution in [0.5, 0.6) is 0 Å². The quantitative estimate of drug-likeness (QED) is 0.208. The number of hydrogen-bond acceptors (Lipinski definition) is 2. The Kier molecular flexibility index (Phi) is 5.07. The van der Waals surface area contributed by atoms with Crippen LogP contribution in [0.1, 0.15) is 24.0 Å². The van der Waals surface area contributed by atoms with Crippen LogP contribution in [0.25, 0.3) is 55.0 Å². The van der Waals surface area contributed by atoms with Crippen molar-refractivity contribution in [2.45, 2.75) is 18.3 Å². The van der Waals surface area contributed by atoms with E-state index < -0.39 is 0 Å². The number of para-hydroxylation sites is 2. The molecule has 2 heteroatoms. The van der Waals surface area contributed by atoms with Gasteiger partial charge in [-0.25, -0.2) is 0 Å². The van der Waals surface area contributed by atoms with E-state index in [0.29, 0.717) is 0 Å². The fraction of sp³-hybridized carbons (Fsp3) is 0.0698. The summed E-state index contributed by atoms with van der Waals surface area (Å²) in [6, 6.07) is 55.2. The Balaban J connectivity index is 1.29. The lowest BCUT2D eigenvalue weighted by Gasteiger charge is -2.33. The fourth-order valence-electron chi connectivity index (χ4n) is 7.95. The highest BCUT2D eigenvalue weighted by Gasteiger charge is 2.50. The molecule has 0 bridgehead atoms. The summed E-state index contributed by atoms with van der Waals surface area (Å²) >= 11 is 0. The third kappa shape index (κ3) is 3.51. The lowest BCUT2D eigenvalue weighted by Crippen LogP contribution is -2.17. The van der Waals surface area contributed by atoms with E-state index >= 15 is 0 Å². The molecule has 45 heavy (non-hydrogen) atoms. The number of benzene rings is 7. The summed E-state index contributed by atoms with van der Waals surface area (Å²) in [7, 11) is 0. The summed E-state index contributed by atoms with van der Waals surface area (Å²) in [5.74, 6) is 0. The van der Waals surface area contributed by atoms with Crippen molar-refractivity contribution in [3.05, 3.63) is 163 Å². The number of hydrogen-bond donors (Lipinski definition) is 0.